The zero-order valence-electron chi connectivity index (χ0n) is 15.9. The Bertz CT molecular complexity index is 888. The van der Waals surface area contributed by atoms with Gasteiger partial charge >= 0.3 is 0 Å². The van der Waals surface area contributed by atoms with Gasteiger partial charge in [0.15, 0.2) is 0 Å². The summed E-state index contributed by atoms with van der Waals surface area (Å²) in [5.41, 5.74) is 3.50. The van der Waals surface area contributed by atoms with E-state index in [-0.39, 0.29) is 0 Å². The van der Waals surface area contributed by atoms with E-state index in [1.165, 1.54) is 5.69 Å². The Balaban J connectivity index is 1.30. The van der Waals surface area contributed by atoms with E-state index < -0.39 is 0 Å². The van der Waals surface area contributed by atoms with E-state index in [9.17, 15) is 0 Å². The lowest BCUT2D eigenvalue weighted by Gasteiger charge is -2.34. The van der Waals surface area contributed by atoms with Gasteiger partial charge in [0.25, 0.3) is 0 Å². The molecule has 0 radical (unpaired) electrons. The molecule has 0 aromatic heterocycles. The molecule has 1 aliphatic heterocycles. The van der Waals surface area contributed by atoms with Crippen molar-refractivity contribution < 1.29 is 4.74 Å². The van der Waals surface area contributed by atoms with Crippen molar-refractivity contribution in [2.75, 3.05) is 31.1 Å². The first-order valence-corrected chi connectivity index (χ1v) is 9.72. The van der Waals surface area contributed by atoms with Crippen LogP contribution in [0.3, 0.4) is 0 Å². The second kappa shape index (κ2) is 9.09. The van der Waals surface area contributed by atoms with Gasteiger partial charge in [-0.15, -0.1) is 0 Å². The highest BCUT2D eigenvalue weighted by molar-refractivity contribution is 5.80. The van der Waals surface area contributed by atoms with E-state index >= 15 is 0 Å². The number of rotatable bonds is 6. The number of nitrogens with zero attached hydrogens (tertiary/aromatic N) is 3. The second-order valence-corrected chi connectivity index (χ2v) is 6.87. The normalized spacial score (nSPS) is 14.4. The summed E-state index contributed by atoms with van der Waals surface area (Å²) >= 11 is 0. The fraction of sp³-hybridized carbons (Fsp3) is 0.208. The molecule has 0 unspecified atom stereocenters. The quantitative estimate of drug-likeness (QED) is 0.601. The van der Waals surface area contributed by atoms with Crippen molar-refractivity contribution >= 4 is 11.9 Å². The van der Waals surface area contributed by atoms with E-state index in [0.717, 1.165) is 43.1 Å². The molecule has 0 atom stereocenters. The molecule has 0 bridgehead atoms. The Hall–Kier alpha value is -3.27. The lowest BCUT2D eigenvalue weighted by atomic mass is 10.2. The second-order valence-electron chi connectivity index (χ2n) is 6.87. The Labute approximate surface area is 166 Å². The summed E-state index contributed by atoms with van der Waals surface area (Å²) in [6.45, 7) is 4.40. The maximum absolute atomic E-state index is 5.91. The third kappa shape index (κ3) is 4.92. The SMILES string of the molecule is C(=NN1CCN(c2ccccc2)CC1)c1cccc(OCc2ccccc2)c1. The Morgan fingerprint density at radius 3 is 2.25 bits per heavy atom. The number of hydrogen-bond acceptors (Lipinski definition) is 4. The van der Waals surface area contributed by atoms with Gasteiger partial charge in [0.05, 0.1) is 19.3 Å². The van der Waals surface area contributed by atoms with Crippen LogP contribution >= 0.6 is 0 Å². The van der Waals surface area contributed by atoms with Gasteiger partial charge in [-0.25, -0.2) is 0 Å². The third-order valence-electron chi connectivity index (χ3n) is 4.85. The van der Waals surface area contributed by atoms with Gasteiger partial charge in [0.2, 0.25) is 0 Å². The topological polar surface area (TPSA) is 28.1 Å². The van der Waals surface area contributed by atoms with E-state index in [0.29, 0.717) is 6.61 Å². The molecule has 1 aliphatic rings. The molecule has 0 saturated carbocycles. The van der Waals surface area contributed by atoms with Crippen molar-refractivity contribution in [1.29, 1.82) is 0 Å². The first-order valence-electron chi connectivity index (χ1n) is 9.72. The van der Waals surface area contributed by atoms with Crippen LogP contribution in [-0.2, 0) is 6.61 Å². The molecule has 1 saturated heterocycles. The van der Waals surface area contributed by atoms with Crippen molar-refractivity contribution in [3.8, 4) is 5.75 Å². The number of anilines is 1. The van der Waals surface area contributed by atoms with Crippen LogP contribution in [-0.4, -0.2) is 37.4 Å². The third-order valence-corrected chi connectivity index (χ3v) is 4.85. The Kier molecular flexibility index (Phi) is 5.88. The van der Waals surface area contributed by atoms with Crippen LogP contribution in [0.2, 0.25) is 0 Å². The predicted molar refractivity (Wildman–Crippen MR) is 115 cm³/mol. The molecule has 1 fully saturated rings. The maximum atomic E-state index is 5.91. The molecule has 3 aromatic carbocycles. The minimum absolute atomic E-state index is 0.572. The van der Waals surface area contributed by atoms with Crippen molar-refractivity contribution in [3.05, 3.63) is 96.1 Å². The van der Waals surface area contributed by atoms with E-state index in [1.54, 1.807) is 0 Å². The van der Waals surface area contributed by atoms with Gasteiger partial charge < -0.3 is 9.64 Å². The first kappa shape index (κ1) is 18.1. The lowest BCUT2D eigenvalue weighted by Crippen LogP contribution is -2.44. The number of benzene rings is 3. The van der Waals surface area contributed by atoms with Crippen molar-refractivity contribution in [2.24, 2.45) is 5.10 Å². The van der Waals surface area contributed by atoms with E-state index in [2.05, 4.69) is 63.5 Å². The van der Waals surface area contributed by atoms with Crippen molar-refractivity contribution in [2.45, 2.75) is 6.61 Å². The minimum Gasteiger partial charge on any atom is -0.489 e. The first-order chi connectivity index (χ1) is 13.9. The van der Waals surface area contributed by atoms with Gasteiger partial charge in [-0.2, -0.15) is 5.10 Å². The highest BCUT2D eigenvalue weighted by Gasteiger charge is 2.15. The summed E-state index contributed by atoms with van der Waals surface area (Å²) in [4.78, 5) is 2.41. The van der Waals surface area contributed by atoms with Crippen LogP contribution in [0, 0.1) is 0 Å². The number of ether oxygens (including phenoxy) is 1. The molecular weight excluding hydrogens is 346 g/mol. The van der Waals surface area contributed by atoms with Gasteiger partial charge in [-0.1, -0.05) is 60.7 Å². The Morgan fingerprint density at radius 1 is 0.786 bits per heavy atom. The minimum atomic E-state index is 0.572. The summed E-state index contributed by atoms with van der Waals surface area (Å²) in [6, 6.07) is 28.9. The molecule has 3 aromatic rings. The van der Waals surface area contributed by atoms with Gasteiger partial charge in [-0.05, 0) is 35.4 Å². The summed E-state index contributed by atoms with van der Waals surface area (Å²) in [5, 5.41) is 6.80. The molecule has 0 spiro atoms. The van der Waals surface area contributed by atoms with Crippen LogP contribution < -0.4 is 9.64 Å². The summed E-state index contributed by atoms with van der Waals surface area (Å²) in [6.07, 6.45) is 1.92. The van der Waals surface area contributed by atoms with Crippen LogP contribution in [0.5, 0.6) is 5.75 Å². The van der Waals surface area contributed by atoms with Crippen molar-refractivity contribution in [1.82, 2.24) is 5.01 Å². The summed E-state index contributed by atoms with van der Waals surface area (Å²) in [5.74, 6) is 0.863. The standard InChI is InChI=1S/C24H25N3O/c1-3-8-21(9-4-1)20-28-24-13-7-10-22(18-24)19-25-27-16-14-26(15-17-27)23-11-5-2-6-12-23/h1-13,18-19H,14-17,20H2. The van der Waals surface area contributed by atoms with E-state index in [1.807, 2.05) is 42.6 Å². The highest BCUT2D eigenvalue weighted by atomic mass is 16.5. The number of hydrazone groups is 1. The number of piperazine rings is 1. The predicted octanol–water partition coefficient (Wildman–Crippen LogP) is 4.42. The number of para-hydroxylation sites is 1. The van der Waals surface area contributed by atoms with Gasteiger partial charge in [-0.3, -0.25) is 5.01 Å². The largest absolute Gasteiger partial charge is 0.489 e. The molecule has 0 N–H and O–H groups in total. The summed E-state index contributed by atoms with van der Waals surface area (Å²) < 4.78 is 5.91. The molecule has 4 nitrogen and oxygen atoms in total. The molecule has 142 valence electrons. The molecule has 4 heteroatoms. The molecule has 28 heavy (non-hydrogen) atoms. The average molecular weight is 371 g/mol. The van der Waals surface area contributed by atoms with Gasteiger partial charge in [0.1, 0.15) is 12.4 Å². The zero-order chi connectivity index (χ0) is 19.0. The average Bonchev–Trinajstić information content (AvgIpc) is 2.78. The fourth-order valence-electron chi connectivity index (χ4n) is 3.28. The lowest BCUT2D eigenvalue weighted by molar-refractivity contribution is 0.272. The van der Waals surface area contributed by atoms with Crippen LogP contribution in [0.4, 0.5) is 5.69 Å². The zero-order valence-corrected chi connectivity index (χ0v) is 15.9. The van der Waals surface area contributed by atoms with Crippen LogP contribution in [0.1, 0.15) is 11.1 Å². The van der Waals surface area contributed by atoms with Gasteiger partial charge in [0, 0.05) is 18.8 Å². The summed E-state index contributed by atoms with van der Waals surface area (Å²) in [7, 11) is 0. The molecular formula is C24H25N3O. The molecule has 0 amide bonds. The smallest absolute Gasteiger partial charge is 0.120 e. The van der Waals surface area contributed by atoms with Crippen molar-refractivity contribution in [3.63, 3.8) is 0 Å². The number of hydrogen-bond donors (Lipinski definition) is 0. The monoisotopic (exact) mass is 371 g/mol. The highest BCUT2D eigenvalue weighted by Crippen LogP contribution is 2.17. The van der Waals surface area contributed by atoms with Crippen LogP contribution in [0.25, 0.3) is 0 Å². The molecule has 1 heterocycles. The molecule has 0 aliphatic carbocycles. The fourth-order valence-corrected chi connectivity index (χ4v) is 3.28. The Morgan fingerprint density at radius 2 is 1.50 bits per heavy atom. The molecule has 4 rings (SSSR count). The maximum Gasteiger partial charge on any atom is 0.120 e. The van der Waals surface area contributed by atoms with E-state index in [4.69, 9.17) is 4.74 Å². The van der Waals surface area contributed by atoms with Crippen LogP contribution in [0.15, 0.2) is 90.0 Å².